The molecule has 2 amide bonds. The van der Waals surface area contributed by atoms with Crippen molar-refractivity contribution >= 4 is 24.1 Å². The monoisotopic (exact) mass is 510 g/mol. The molecule has 10 heteroatoms. The first-order chi connectivity index (χ1) is 17.5. The maximum Gasteiger partial charge on any atom is 0.411 e. The van der Waals surface area contributed by atoms with Crippen molar-refractivity contribution in [3.63, 3.8) is 0 Å². The number of likely N-dealkylation sites (tertiary alicyclic amines) is 1. The van der Waals surface area contributed by atoms with E-state index in [0.29, 0.717) is 0 Å². The number of rotatable bonds is 5. The lowest BCUT2D eigenvalue weighted by atomic mass is 9.96. The van der Waals surface area contributed by atoms with E-state index in [0.717, 1.165) is 34.3 Å². The highest BCUT2D eigenvalue weighted by molar-refractivity contribution is 5.91. The van der Waals surface area contributed by atoms with Crippen LogP contribution in [0.4, 0.5) is 9.59 Å². The summed E-state index contributed by atoms with van der Waals surface area (Å²) >= 11 is 0. The van der Waals surface area contributed by atoms with E-state index < -0.39 is 54.3 Å². The quantitative estimate of drug-likeness (QED) is 0.461. The van der Waals surface area contributed by atoms with Gasteiger partial charge in [0.25, 0.3) is 0 Å². The molecule has 2 aliphatic rings. The maximum absolute atomic E-state index is 13.0. The molecule has 2 N–H and O–H groups in total. The molecule has 2 atom stereocenters. The van der Waals surface area contributed by atoms with E-state index in [-0.39, 0.29) is 12.5 Å². The molecule has 1 saturated heterocycles. The minimum absolute atomic E-state index is 0.00471. The number of hydrogen-bond acceptors (Lipinski definition) is 7. The molecule has 0 unspecified atom stereocenters. The van der Waals surface area contributed by atoms with Gasteiger partial charge in [0.2, 0.25) is 0 Å². The van der Waals surface area contributed by atoms with Crippen LogP contribution in [0.2, 0.25) is 0 Å². The standard InChI is InChI=1S/C27H30N2O8/c1-26(2,3)37-25(34)29-15-27(23(32)35-4,13-21(29)22(30)31)28-24(33)36-14-20-18-11-7-5-9-16(18)17-10-6-8-12-19(17)20/h5-12,20-21H,13-15H2,1-4H3,(H,28,33)(H,30,31)/t21-,27+/m0/s1. The smallest absolute Gasteiger partial charge is 0.411 e. The Hall–Kier alpha value is -4.08. The van der Waals surface area contributed by atoms with Crippen LogP contribution in [0.15, 0.2) is 48.5 Å². The van der Waals surface area contributed by atoms with Crippen molar-refractivity contribution in [3.8, 4) is 11.1 Å². The van der Waals surface area contributed by atoms with Crippen LogP contribution < -0.4 is 5.32 Å². The van der Waals surface area contributed by atoms with E-state index in [1.807, 2.05) is 48.5 Å². The SMILES string of the molecule is COC(=O)[C@@]1(NC(=O)OCC2c3ccccc3-c3ccccc32)C[C@@H](C(=O)O)N(C(=O)OC(C)(C)C)C1. The number of methoxy groups -OCH3 is 1. The summed E-state index contributed by atoms with van der Waals surface area (Å²) in [6, 6.07) is 14.3. The Morgan fingerprint density at radius 1 is 1.03 bits per heavy atom. The summed E-state index contributed by atoms with van der Waals surface area (Å²) in [5.74, 6) is -2.44. The molecule has 37 heavy (non-hydrogen) atoms. The third-order valence-corrected chi connectivity index (χ3v) is 6.53. The third kappa shape index (κ3) is 5.09. The lowest BCUT2D eigenvalue weighted by Gasteiger charge is -2.29. The summed E-state index contributed by atoms with van der Waals surface area (Å²) in [6.45, 7) is 4.46. The lowest BCUT2D eigenvalue weighted by Crippen LogP contribution is -2.57. The number of hydrogen-bond donors (Lipinski definition) is 2. The number of nitrogens with one attached hydrogen (secondary N) is 1. The van der Waals surface area contributed by atoms with E-state index in [4.69, 9.17) is 14.2 Å². The zero-order valence-corrected chi connectivity index (χ0v) is 21.1. The summed E-state index contributed by atoms with van der Waals surface area (Å²) in [6.07, 6.45) is -2.25. The summed E-state index contributed by atoms with van der Waals surface area (Å²) in [7, 11) is 1.12. The Balaban J connectivity index is 1.53. The highest BCUT2D eigenvalue weighted by Gasteiger charge is 2.56. The molecule has 4 rings (SSSR count). The number of esters is 1. The number of nitrogens with zero attached hydrogens (tertiary/aromatic N) is 1. The van der Waals surface area contributed by atoms with E-state index in [2.05, 4.69) is 5.32 Å². The Morgan fingerprint density at radius 3 is 2.11 bits per heavy atom. The van der Waals surface area contributed by atoms with Gasteiger partial charge in [-0.3, -0.25) is 4.90 Å². The van der Waals surface area contributed by atoms with E-state index in [1.165, 1.54) is 0 Å². The van der Waals surface area contributed by atoms with Gasteiger partial charge in [-0.05, 0) is 43.0 Å². The van der Waals surface area contributed by atoms with Gasteiger partial charge >= 0.3 is 24.1 Å². The van der Waals surface area contributed by atoms with Crippen molar-refractivity contribution in [2.45, 2.75) is 50.3 Å². The molecule has 0 radical (unpaired) electrons. The Morgan fingerprint density at radius 2 is 1.59 bits per heavy atom. The molecule has 196 valence electrons. The number of alkyl carbamates (subject to hydrolysis) is 1. The van der Waals surface area contributed by atoms with Gasteiger partial charge in [0.05, 0.1) is 13.7 Å². The molecule has 0 spiro atoms. The van der Waals surface area contributed by atoms with Crippen LogP contribution in [0.5, 0.6) is 0 Å². The van der Waals surface area contributed by atoms with Crippen LogP contribution in [0.1, 0.15) is 44.2 Å². The van der Waals surface area contributed by atoms with Gasteiger partial charge in [0, 0.05) is 12.3 Å². The number of aliphatic carboxylic acids is 1. The van der Waals surface area contributed by atoms with Crippen molar-refractivity contribution in [2.24, 2.45) is 0 Å². The fourth-order valence-corrected chi connectivity index (χ4v) is 4.95. The topological polar surface area (TPSA) is 131 Å². The average molecular weight is 511 g/mol. The van der Waals surface area contributed by atoms with Gasteiger partial charge in [-0.2, -0.15) is 0 Å². The molecule has 0 saturated carbocycles. The minimum Gasteiger partial charge on any atom is -0.480 e. The Bertz CT molecular complexity index is 1190. The fraction of sp³-hybridized carbons (Fsp3) is 0.407. The molecule has 1 aliphatic heterocycles. The molecule has 10 nitrogen and oxygen atoms in total. The highest BCUT2D eigenvalue weighted by atomic mass is 16.6. The van der Waals surface area contributed by atoms with Gasteiger partial charge in [0.1, 0.15) is 18.2 Å². The predicted molar refractivity (Wildman–Crippen MR) is 132 cm³/mol. The van der Waals surface area contributed by atoms with Crippen LogP contribution in [0.25, 0.3) is 11.1 Å². The maximum atomic E-state index is 13.0. The van der Waals surface area contributed by atoms with Crippen molar-refractivity contribution in [1.82, 2.24) is 10.2 Å². The Labute approximate surface area is 214 Å². The number of ether oxygens (including phenoxy) is 3. The number of carbonyl (C=O) groups is 4. The second-order valence-corrected chi connectivity index (χ2v) is 10.2. The van der Waals surface area contributed by atoms with Gasteiger partial charge in [-0.15, -0.1) is 0 Å². The van der Waals surface area contributed by atoms with E-state index in [9.17, 15) is 24.3 Å². The third-order valence-electron chi connectivity index (χ3n) is 6.53. The number of amides is 2. The lowest BCUT2D eigenvalue weighted by molar-refractivity contribution is -0.147. The highest BCUT2D eigenvalue weighted by Crippen LogP contribution is 2.44. The zero-order chi connectivity index (χ0) is 27.0. The van der Waals surface area contributed by atoms with Crippen molar-refractivity contribution < 1.29 is 38.5 Å². The van der Waals surface area contributed by atoms with Gasteiger partial charge < -0.3 is 24.6 Å². The summed E-state index contributed by atoms with van der Waals surface area (Å²) in [4.78, 5) is 51.4. The van der Waals surface area contributed by atoms with E-state index in [1.54, 1.807) is 20.8 Å². The molecular formula is C27H30N2O8. The number of fused-ring (bicyclic) bond motifs is 3. The number of carbonyl (C=O) groups excluding carboxylic acids is 3. The van der Waals surface area contributed by atoms with Crippen LogP contribution in [-0.4, -0.2) is 71.6 Å². The number of carboxylic acid groups (broad SMARTS) is 1. The Kier molecular flexibility index (Phi) is 6.86. The molecule has 2 aromatic rings. The second-order valence-electron chi connectivity index (χ2n) is 10.2. The second kappa shape index (κ2) is 9.76. The molecule has 1 fully saturated rings. The predicted octanol–water partition coefficient (Wildman–Crippen LogP) is 3.53. The number of benzene rings is 2. The van der Waals surface area contributed by atoms with Crippen LogP contribution in [-0.2, 0) is 23.8 Å². The minimum atomic E-state index is -1.82. The van der Waals surface area contributed by atoms with Crippen molar-refractivity contribution in [1.29, 1.82) is 0 Å². The largest absolute Gasteiger partial charge is 0.480 e. The first kappa shape index (κ1) is 26.0. The van der Waals surface area contributed by atoms with Crippen molar-refractivity contribution in [2.75, 3.05) is 20.3 Å². The van der Waals surface area contributed by atoms with Gasteiger partial charge in [-0.1, -0.05) is 48.5 Å². The first-order valence-corrected chi connectivity index (χ1v) is 11.9. The first-order valence-electron chi connectivity index (χ1n) is 11.9. The molecule has 1 heterocycles. The van der Waals surface area contributed by atoms with Crippen LogP contribution >= 0.6 is 0 Å². The summed E-state index contributed by atoms with van der Waals surface area (Å²) < 4.78 is 15.8. The van der Waals surface area contributed by atoms with Crippen LogP contribution in [0, 0.1) is 0 Å². The molecule has 1 aliphatic carbocycles. The normalized spacial score (nSPS) is 20.5. The summed E-state index contributed by atoms with van der Waals surface area (Å²) in [5, 5.41) is 12.2. The summed E-state index contributed by atoms with van der Waals surface area (Å²) in [5.41, 5.74) is 1.44. The average Bonchev–Trinajstić information content (AvgIpc) is 3.39. The van der Waals surface area contributed by atoms with Crippen molar-refractivity contribution in [3.05, 3.63) is 59.7 Å². The fourth-order valence-electron chi connectivity index (χ4n) is 4.95. The van der Waals surface area contributed by atoms with Gasteiger partial charge in [0.15, 0.2) is 5.54 Å². The molecular weight excluding hydrogens is 480 g/mol. The molecule has 2 aromatic carbocycles. The zero-order valence-electron chi connectivity index (χ0n) is 21.1. The number of carboxylic acids is 1. The van der Waals surface area contributed by atoms with E-state index >= 15 is 0 Å². The molecule has 0 bridgehead atoms. The molecule has 0 aromatic heterocycles. The van der Waals surface area contributed by atoms with Crippen LogP contribution in [0.3, 0.4) is 0 Å². The van der Waals surface area contributed by atoms with Gasteiger partial charge in [-0.25, -0.2) is 19.2 Å².